The highest BCUT2D eigenvalue weighted by Gasteiger charge is 2.31. The van der Waals surface area contributed by atoms with E-state index in [0.29, 0.717) is 22.6 Å². The molecule has 2 aliphatic heterocycles. The van der Waals surface area contributed by atoms with Crippen LogP contribution in [0.5, 0.6) is 5.75 Å². The lowest BCUT2D eigenvalue weighted by Crippen LogP contribution is -2.27. The molecular formula is C22H19NO6S2. The molecule has 0 saturated carbocycles. The van der Waals surface area contributed by atoms with Crippen molar-refractivity contribution in [1.29, 1.82) is 0 Å². The Labute approximate surface area is 188 Å². The zero-order valence-corrected chi connectivity index (χ0v) is 18.5. The normalized spacial score (nSPS) is 19.1. The van der Waals surface area contributed by atoms with Gasteiger partial charge in [-0.2, -0.15) is 0 Å². The smallest absolute Gasteiger partial charge is 0.363 e. The number of cyclic esters (lactones) is 1. The minimum absolute atomic E-state index is 0.0411. The van der Waals surface area contributed by atoms with Crippen LogP contribution in [-0.2, 0) is 17.9 Å². The van der Waals surface area contributed by atoms with Gasteiger partial charge in [0.05, 0.1) is 24.7 Å². The van der Waals surface area contributed by atoms with Crippen LogP contribution in [0.2, 0.25) is 0 Å². The van der Waals surface area contributed by atoms with Crippen molar-refractivity contribution >= 4 is 41.7 Å². The van der Waals surface area contributed by atoms with Gasteiger partial charge in [0.15, 0.2) is 5.78 Å². The third-order valence-corrected chi connectivity index (χ3v) is 5.86. The lowest BCUT2D eigenvalue weighted by molar-refractivity contribution is -0.130. The van der Waals surface area contributed by atoms with Gasteiger partial charge in [-0.3, -0.25) is 4.79 Å². The SMILES string of the molecule is COSc1cc2c(c(SOC)c1)C(=O)CC(CC=C1N=C(c3ccccc3)OC1=O)O2. The van der Waals surface area contributed by atoms with Gasteiger partial charge in [-0.05, 0) is 30.3 Å². The van der Waals surface area contributed by atoms with Crippen LogP contribution in [-0.4, -0.2) is 38.0 Å². The van der Waals surface area contributed by atoms with Gasteiger partial charge in [0, 0.05) is 47.4 Å². The van der Waals surface area contributed by atoms with E-state index in [-0.39, 0.29) is 23.8 Å². The predicted octanol–water partition coefficient (Wildman–Crippen LogP) is 4.61. The summed E-state index contributed by atoms with van der Waals surface area (Å²) in [5, 5.41) is 0. The number of Topliss-reactive ketones (excluding diaryl/α,β-unsaturated/α-hetero) is 1. The molecule has 2 aromatic carbocycles. The minimum Gasteiger partial charge on any atom is -0.489 e. The van der Waals surface area contributed by atoms with Crippen molar-refractivity contribution in [3.63, 3.8) is 0 Å². The molecule has 1 unspecified atom stereocenters. The van der Waals surface area contributed by atoms with Gasteiger partial charge < -0.3 is 17.8 Å². The number of benzene rings is 2. The summed E-state index contributed by atoms with van der Waals surface area (Å²) in [7, 11) is 3.11. The molecule has 0 aliphatic carbocycles. The second-order valence-electron chi connectivity index (χ2n) is 6.66. The van der Waals surface area contributed by atoms with Gasteiger partial charge in [-0.15, -0.1) is 0 Å². The maximum absolute atomic E-state index is 12.8. The molecule has 9 heteroatoms. The quantitative estimate of drug-likeness (QED) is 0.339. The molecule has 2 aromatic rings. The number of ketones is 1. The summed E-state index contributed by atoms with van der Waals surface area (Å²) in [6.07, 6.45) is 1.77. The number of aliphatic imine (C=N–C) groups is 1. The van der Waals surface area contributed by atoms with Crippen LogP contribution >= 0.6 is 24.1 Å². The number of hydrogen-bond donors (Lipinski definition) is 0. The first kappa shape index (κ1) is 21.6. The van der Waals surface area contributed by atoms with Crippen molar-refractivity contribution < 1.29 is 27.4 Å². The van der Waals surface area contributed by atoms with E-state index in [0.717, 1.165) is 22.5 Å². The molecule has 0 saturated heterocycles. The number of hydrogen-bond acceptors (Lipinski definition) is 9. The maximum atomic E-state index is 12.8. The van der Waals surface area contributed by atoms with Gasteiger partial charge >= 0.3 is 5.97 Å². The topological polar surface area (TPSA) is 83.4 Å². The Morgan fingerprint density at radius 3 is 2.65 bits per heavy atom. The number of nitrogens with zero attached hydrogens (tertiary/aromatic N) is 1. The molecule has 0 aromatic heterocycles. The molecule has 0 radical (unpaired) electrons. The second kappa shape index (κ2) is 9.69. The van der Waals surface area contributed by atoms with E-state index in [1.165, 1.54) is 12.0 Å². The lowest BCUT2D eigenvalue weighted by atomic mass is 9.98. The fourth-order valence-electron chi connectivity index (χ4n) is 3.29. The standard InChI is InChI=1S/C22H19NO6S2/c1-26-30-15-11-18-20(19(12-15)31-27-2)17(24)10-14(28-18)8-9-16-22(25)29-21(23-16)13-6-4-3-5-7-13/h3-7,9,11-12,14H,8,10H2,1-2H3. The highest BCUT2D eigenvalue weighted by molar-refractivity contribution is 7.95. The molecule has 1 atom stereocenters. The molecule has 0 N–H and O–H groups in total. The largest absolute Gasteiger partial charge is 0.489 e. The molecule has 0 fully saturated rings. The zero-order valence-electron chi connectivity index (χ0n) is 16.8. The lowest BCUT2D eigenvalue weighted by Gasteiger charge is -2.26. The van der Waals surface area contributed by atoms with Crippen molar-refractivity contribution in [2.24, 2.45) is 4.99 Å². The Hall–Kier alpha value is -2.59. The minimum atomic E-state index is -0.515. The van der Waals surface area contributed by atoms with E-state index in [1.807, 2.05) is 36.4 Å². The third kappa shape index (κ3) is 4.85. The number of ether oxygens (including phenoxy) is 2. The third-order valence-electron chi connectivity index (χ3n) is 4.59. The number of fused-ring (bicyclic) bond motifs is 1. The van der Waals surface area contributed by atoms with E-state index >= 15 is 0 Å². The van der Waals surface area contributed by atoms with Gasteiger partial charge in [0.2, 0.25) is 5.90 Å². The molecule has 2 aliphatic rings. The van der Waals surface area contributed by atoms with Crippen LogP contribution < -0.4 is 4.74 Å². The molecule has 4 rings (SSSR count). The summed E-state index contributed by atoms with van der Waals surface area (Å²) in [5.41, 5.74) is 1.43. The van der Waals surface area contributed by atoms with Crippen molar-refractivity contribution in [3.8, 4) is 5.75 Å². The highest BCUT2D eigenvalue weighted by Crippen LogP contribution is 2.40. The molecule has 160 valence electrons. The van der Waals surface area contributed by atoms with Gasteiger partial charge in [0.1, 0.15) is 17.6 Å². The number of carbonyl (C=O) groups is 2. The maximum Gasteiger partial charge on any atom is 0.363 e. The van der Waals surface area contributed by atoms with E-state index in [1.54, 1.807) is 26.4 Å². The highest BCUT2D eigenvalue weighted by atomic mass is 32.2. The number of rotatable bonds is 7. The average molecular weight is 458 g/mol. The first-order chi connectivity index (χ1) is 15.1. The Balaban J connectivity index is 1.54. The van der Waals surface area contributed by atoms with Crippen molar-refractivity contribution in [2.45, 2.75) is 28.7 Å². The molecule has 31 heavy (non-hydrogen) atoms. The molecule has 0 bridgehead atoms. The van der Waals surface area contributed by atoms with E-state index < -0.39 is 12.1 Å². The van der Waals surface area contributed by atoms with Crippen LogP contribution in [0.4, 0.5) is 0 Å². The van der Waals surface area contributed by atoms with E-state index in [4.69, 9.17) is 17.8 Å². The van der Waals surface area contributed by atoms with Crippen LogP contribution in [0, 0.1) is 0 Å². The Morgan fingerprint density at radius 2 is 1.90 bits per heavy atom. The summed E-state index contributed by atoms with van der Waals surface area (Å²) in [5.74, 6) is 0.189. The molecular weight excluding hydrogens is 438 g/mol. The van der Waals surface area contributed by atoms with Gasteiger partial charge in [-0.1, -0.05) is 18.2 Å². The molecule has 2 heterocycles. The summed E-state index contributed by atoms with van der Waals surface area (Å²) < 4.78 is 21.6. The zero-order chi connectivity index (χ0) is 21.8. The van der Waals surface area contributed by atoms with Crippen molar-refractivity contribution in [1.82, 2.24) is 0 Å². The summed E-state index contributed by atoms with van der Waals surface area (Å²) in [6.45, 7) is 0. The van der Waals surface area contributed by atoms with Crippen LogP contribution in [0.15, 0.2) is 69.0 Å². The fourth-order valence-corrected chi connectivity index (χ4v) is 4.53. The first-order valence-electron chi connectivity index (χ1n) is 9.44. The van der Waals surface area contributed by atoms with Crippen molar-refractivity contribution in [3.05, 3.63) is 65.4 Å². The van der Waals surface area contributed by atoms with E-state index in [9.17, 15) is 9.59 Å². The van der Waals surface area contributed by atoms with Crippen molar-refractivity contribution in [2.75, 3.05) is 14.2 Å². The molecule has 0 amide bonds. The van der Waals surface area contributed by atoms with E-state index in [2.05, 4.69) is 4.99 Å². The Morgan fingerprint density at radius 1 is 1.13 bits per heavy atom. The molecule has 0 spiro atoms. The molecule has 7 nitrogen and oxygen atoms in total. The Kier molecular flexibility index (Phi) is 6.77. The first-order valence-corrected chi connectivity index (χ1v) is 10.9. The number of carbonyl (C=O) groups excluding carboxylic acids is 2. The summed E-state index contributed by atoms with van der Waals surface area (Å²) >= 11 is 2.28. The van der Waals surface area contributed by atoms with Gasteiger partial charge in [-0.25, -0.2) is 9.79 Å². The van der Waals surface area contributed by atoms with Crippen LogP contribution in [0.1, 0.15) is 28.8 Å². The summed E-state index contributed by atoms with van der Waals surface area (Å²) in [4.78, 5) is 30.8. The fraction of sp³-hybridized carbons (Fsp3) is 0.227. The summed E-state index contributed by atoms with van der Waals surface area (Å²) in [6, 6.07) is 12.8. The monoisotopic (exact) mass is 457 g/mol. The number of esters is 1. The average Bonchev–Trinajstić information content (AvgIpc) is 3.13. The Bertz CT molecular complexity index is 1070. The predicted molar refractivity (Wildman–Crippen MR) is 117 cm³/mol. The second-order valence-corrected chi connectivity index (χ2v) is 8.57. The van der Waals surface area contributed by atoms with Gasteiger partial charge in [0.25, 0.3) is 0 Å². The van der Waals surface area contributed by atoms with Crippen LogP contribution in [0.3, 0.4) is 0 Å². The van der Waals surface area contributed by atoms with Crippen LogP contribution in [0.25, 0.3) is 0 Å².